The summed E-state index contributed by atoms with van der Waals surface area (Å²) < 4.78 is 4.85. The van der Waals surface area contributed by atoms with E-state index >= 15 is 0 Å². The van der Waals surface area contributed by atoms with Gasteiger partial charge in [-0.1, -0.05) is 49.3 Å². The van der Waals surface area contributed by atoms with Crippen LogP contribution in [0.15, 0.2) is 52.1 Å². The molecule has 3 nitrogen and oxygen atoms in total. The van der Waals surface area contributed by atoms with Crippen LogP contribution in [0.5, 0.6) is 0 Å². The van der Waals surface area contributed by atoms with Gasteiger partial charge >= 0.3 is 5.97 Å². The summed E-state index contributed by atoms with van der Waals surface area (Å²) in [7, 11) is 0. The van der Waals surface area contributed by atoms with Crippen molar-refractivity contribution in [3.05, 3.63) is 47.1 Å². The first-order chi connectivity index (χ1) is 11.7. The van der Waals surface area contributed by atoms with Crippen LogP contribution in [-0.4, -0.2) is 24.8 Å². The molecule has 1 aliphatic carbocycles. The first-order valence-electron chi connectivity index (χ1n) is 9.10. The van der Waals surface area contributed by atoms with Gasteiger partial charge in [0.15, 0.2) is 0 Å². The van der Waals surface area contributed by atoms with Gasteiger partial charge in [0.05, 0.1) is 6.54 Å². The zero-order chi connectivity index (χ0) is 18.9. The predicted molar refractivity (Wildman–Crippen MR) is 107 cm³/mol. The normalized spacial score (nSPS) is 19.1. The summed E-state index contributed by atoms with van der Waals surface area (Å²) in [4.78, 5) is 15.0. The molecular weight excluding hydrogens is 310 g/mol. The number of carbonyl (C=O) groups excluding carboxylic acids is 1. The Hall–Kier alpha value is -1.90. The fourth-order valence-electron chi connectivity index (χ4n) is 3.08. The van der Waals surface area contributed by atoms with Crippen LogP contribution in [0, 0.1) is 5.41 Å². The number of allylic oxidation sites excluding steroid dienone is 8. The average molecular weight is 344 g/mol. The molecule has 0 radical (unpaired) electrons. The molecule has 0 unspecified atom stereocenters. The van der Waals surface area contributed by atoms with Crippen LogP contribution < -0.4 is 0 Å². The van der Waals surface area contributed by atoms with E-state index in [1.165, 1.54) is 42.9 Å². The molecule has 0 aromatic carbocycles. The topological polar surface area (TPSA) is 38.7 Å². The van der Waals surface area contributed by atoms with E-state index in [4.69, 9.17) is 4.74 Å². The summed E-state index contributed by atoms with van der Waals surface area (Å²) in [5.41, 5.74) is 5.42. The van der Waals surface area contributed by atoms with Crippen molar-refractivity contribution in [3.63, 3.8) is 0 Å². The lowest BCUT2D eigenvalue weighted by Gasteiger charge is -2.32. The lowest BCUT2D eigenvalue weighted by Crippen LogP contribution is -2.19. The van der Waals surface area contributed by atoms with Crippen LogP contribution in [0.1, 0.15) is 60.8 Å². The first-order valence-corrected chi connectivity index (χ1v) is 9.10. The molecule has 0 fully saturated rings. The monoisotopic (exact) mass is 343 g/mol. The van der Waals surface area contributed by atoms with Crippen LogP contribution in [-0.2, 0) is 9.53 Å². The van der Waals surface area contributed by atoms with Gasteiger partial charge < -0.3 is 4.74 Å². The zero-order valence-corrected chi connectivity index (χ0v) is 16.7. The van der Waals surface area contributed by atoms with Crippen LogP contribution in [0.2, 0.25) is 0 Å². The van der Waals surface area contributed by atoms with Gasteiger partial charge in [-0.25, -0.2) is 0 Å². The van der Waals surface area contributed by atoms with Crippen LogP contribution in [0.3, 0.4) is 0 Å². The largest absolute Gasteiger partial charge is 0.464 e. The Labute approximate surface area is 153 Å². The third kappa shape index (κ3) is 8.15. The fourth-order valence-corrected chi connectivity index (χ4v) is 3.08. The standard InChI is InChI=1S/C22H33NO2/c1-17(9-7-11-19(3)23-15-16-25-20(4)24)12-13-21-18(2)10-8-14-22(21,5)6/h7,9,11-13H,8,10,14-16H2,1-6H3/b11-7+,13-12+,17-9+,23-19?. The number of aliphatic imine (C=N–C) groups is 1. The lowest BCUT2D eigenvalue weighted by atomic mass is 9.72. The zero-order valence-electron chi connectivity index (χ0n) is 16.7. The maximum Gasteiger partial charge on any atom is 0.302 e. The van der Waals surface area contributed by atoms with E-state index in [1.807, 2.05) is 19.1 Å². The van der Waals surface area contributed by atoms with Gasteiger partial charge in [0.25, 0.3) is 0 Å². The second-order valence-corrected chi connectivity index (χ2v) is 7.40. The maximum absolute atomic E-state index is 10.7. The van der Waals surface area contributed by atoms with Gasteiger partial charge in [0.2, 0.25) is 0 Å². The molecule has 0 saturated carbocycles. The molecule has 0 saturated heterocycles. The highest BCUT2D eigenvalue weighted by atomic mass is 16.5. The highest BCUT2D eigenvalue weighted by Crippen LogP contribution is 2.40. The fraction of sp³-hybridized carbons (Fsp3) is 0.545. The molecule has 0 bridgehead atoms. The summed E-state index contributed by atoms with van der Waals surface area (Å²) in [5.74, 6) is -0.264. The van der Waals surface area contributed by atoms with Gasteiger partial charge in [0, 0.05) is 12.6 Å². The second kappa shape index (κ2) is 10.2. The molecular formula is C22H33NO2. The average Bonchev–Trinajstić information content (AvgIpc) is 2.50. The number of nitrogens with zero attached hydrogens (tertiary/aromatic N) is 1. The minimum absolute atomic E-state index is 0.264. The third-order valence-corrected chi connectivity index (χ3v) is 4.51. The molecule has 1 rings (SSSR count). The molecule has 0 spiro atoms. The molecule has 0 N–H and O–H groups in total. The number of hydrogen-bond donors (Lipinski definition) is 0. The Bertz CT molecular complexity index is 616. The molecule has 0 amide bonds. The molecule has 0 aromatic rings. The smallest absolute Gasteiger partial charge is 0.302 e. The van der Waals surface area contributed by atoms with Crippen LogP contribution in [0.25, 0.3) is 0 Å². The summed E-state index contributed by atoms with van der Waals surface area (Å²) in [6.45, 7) is 13.2. The third-order valence-electron chi connectivity index (χ3n) is 4.51. The van der Waals surface area contributed by atoms with Crippen molar-refractivity contribution in [3.8, 4) is 0 Å². The molecule has 138 valence electrons. The molecule has 3 heteroatoms. The van der Waals surface area contributed by atoms with Crippen molar-refractivity contribution < 1.29 is 9.53 Å². The Morgan fingerprint density at radius 2 is 1.96 bits per heavy atom. The number of esters is 1. The van der Waals surface area contributed by atoms with Crippen molar-refractivity contribution in [1.82, 2.24) is 0 Å². The minimum Gasteiger partial charge on any atom is -0.464 e. The lowest BCUT2D eigenvalue weighted by molar-refractivity contribution is -0.140. The number of ether oxygens (including phenoxy) is 1. The van der Waals surface area contributed by atoms with Gasteiger partial charge in [-0.3, -0.25) is 9.79 Å². The summed E-state index contributed by atoms with van der Waals surface area (Å²) in [6.07, 6.45) is 14.3. The maximum atomic E-state index is 10.7. The Morgan fingerprint density at radius 1 is 1.24 bits per heavy atom. The van der Waals surface area contributed by atoms with Gasteiger partial charge in [0.1, 0.15) is 6.61 Å². The van der Waals surface area contributed by atoms with E-state index in [1.54, 1.807) is 0 Å². The van der Waals surface area contributed by atoms with E-state index in [0.717, 1.165) is 5.71 Å². The SMILES string of the molecule is CC(=O)OCCN=C(C)/C=C/C=C(C)/C=C/C1=C(C)CCCC1(C)C. The van der Waals surface area contributed by atoms with E-state index in [2.05, 4.69) is 50.9 Å². The number of rotatable bonds is 7. The van der Waals surface area contributed by atoms with Gasteiger partial charge in [-0.05, 0) is 57.1 Å². The summed E-state index contributed by atoms with van der Waals surface area (Å²) in [5, 5.41) is 0. The van der Waals surface area contributed by atoms with Crippen molar-refractivity contribution >= 4 is 11.7 Å². The summed E-state index contributed by atoms with van der Waals surface area (Å²) >= 11 is 0. The van der Waals surface area contributed by atoms with E-state index in [-0.39, 0.29) is 11.4 Å². The van der Waals surface area contributed by atoms with Crippen molar-refractivity contribution in [2.75, 3.05) is 13.2 Å². The molecule has 0 atom stereocenters. The van der Waals surface area contributed by atoms with E-state index in [9.17, 15) is 4.79 Å². The van der Waals surface area contributed by atoms with E-state index in [0.29, 0.717) is 13.2 Å². The van der Waals surface area contributed by atoms with Crippen LogP contribution in [0.4, 0.5) is 0 Å². The Kier molecular flexibility index (Phi) is 8.60. The van der Waals surface area contributed by atoms with Crippen molar-refractivity contribution in [2.45, 2.75) is 60.8 Å². The highest BCUT2D eigenvalue weighted by Gasteiger charge is 2.26. The Balaban J connectivity index is 2.60. The summed E-state index contributed by atoms with van der Waals surface area (Å²) in [6, 6.07) is 0. The number of hydrogen-bond acceptors (Lipinski definition) is 3. The first kappa shape index (κ1) is 21.1. The molecule has 25 heavy (non-hydrogen) atoms. The predicted octanol–water partition coefficient (Wildman–Crippen LogP) is 5.60. The van der Waals surface area contributed by atoms with Crippen molar-refractivity contribution in [1.29, 1.82) is 0 Å². The molecule has 0 aliphatic heterocycles. The number of carbonyl (C=O) groups is 1. The molecule has 0 heterocycles. The Morgan fingerprint density at radius 3 is 2.60 bits per heavy atom. The van der Waals surface area contributed by atoms with E-state index < -0.39 is 0 Å². The minimum atomic E-state index is -0.264. The van der Waals surface area contributed by atoms with Crippen molar-refractivity contribution in [2.24, 2.45) is 10.4 Å². The molecule has 1 aliphatic rings. The van der Waals surface area contributed by atoms with Crippen LogP contribution >= 0.6 is 0 Å². The molecule has 0 aromatic heterocycles. The van der Waals surface area contributed by atoms with Gasteiger partial charge in [-0.2, -0.15) is 0 Å². The quantitative estimate of drug-likeness (QED) is 0.261. The van der Waals surface area contributed by atoms with Gasteiger partial charge in [-0.15, -0.1) is 0 Å². The highest BCUT2D eigenvalue weighted by molar-refractivity contribution is 5.93. The second-order valence-electron chi connectivity index (χ2n) is 7.40.